The number of nitrogens with one attached hydrogen (secondary N) is 3. The van der Waals surface area contributed by atoms with Crippen molar-refractivity contribution in [1.82, 2.24) is 10.6 Å². The molecule has 2 aromatic carbocycles. The lowest BCUT2D eigenvalue weighted by Gasteiger charge is -2.15. The van der Waals surface area contributed by atoms with E-state index in [0.29, 0.717) is 55.5 Å². The standard InChI is InChI=1S/C22H27N3O5S/c1-3-29-14-15-30-19-11-7-5-9-17(19)21(27)25-22(31)24-18-10-6-4-8-16(18)20(26)23-12-13-28-2/h4-11H,3,12-15H2,1-2H3,(H,23,26)(H2,24,25,27,31). The fourth-order valence-corrected chi connectivity index (χ4v) is 2.81. The molecule has 8 nitrogen and oxygen atoms in total. The Labute approximate surface area is 187 Å². The van der Waals surface area contributed by atoms with Crippen LogP contribution in [-0.2, 0) is 9.47 Å². The van der Waals surface area contributed by atoms with Gasteiger partial charge in [0.1, 0.15) is 12.4 Å². The van der Waals surface area contributed by atoms with E-state index in [-0.39, 0.29) is 11.0 Å². The predicted octanol–water partition coefficient (Wildman–Crippen LogP) is 2.60. The van der Waals surface area contributed by atoms with Crippen molar-refractivity contribution in [3.63, 3.8) is 0 Å². The molecule has 0 aliphatic carbocycles. The molecule has 0 aliphatic rings. The molecule has 0 saturated heterocycles. The number of hydrogen-bond acceptors (Lipinski definition) is 6. The van der Waals surface area contributed by atoms with Gasteiger partial charge in [-0.3, -0.25) is 14.9 Å². The van der Waals surface area contributed by atoms with E-state index in [4.69, 9.17) is 26.4 Å². The number of thiocarbonyl (C=S) groups is 1. The molecule has 0 atom stereocenters. The van der Waals surface area contributed by atoms with Crippen LogP contribution in [0.2, 0.25) is 0 Å². The van der Waals surface area contributed by atoms with Gasteiger partial charge in [-0.25, -0.2) is 0 Å². The molecular formula is C22H27N3O5S. The second-order valence-corrected chi connectivity index (χ2v) is 6.65. The van der Waals surface area contributed by atoms with E-state index in [0.717, 1.165) is 0 Å². The Morgan fingerprint density at radius 1 is 0.935 bits per heavy atom. The van der Waals surface area contributed by atoms with Gasteiger partial charge in [0.15, 0.2) is 5.11 Å². The van der Waals surface area contributed by atoms with Crippen molar-refractivity contribution >= 4 is 34.8 Å². The summed E-state index contributed by atoms with van der Waals surface area (Å²) in [4.78, 5) is 25.1. The molecule has 31 heavy (non-hydrogen) atoms. The smallest absolute Gasteiger partial charge is 0.261 e. The summed E-state index contributed by atoms with van der Waals surface area (Å²) in [6.45, 7) is 4.03. The molecule has 0 radical (unpaired) electrons. The molecule has 0 aromatic heterocycles. The third-order valence-electron chi connectivity index (χ3n) is 4.06. The molecule has 2 amide bonds. The van der Waals surface area contributed by atoms with Crippen LogP contribution in [0.25, 0.3) is 0 Å². The van der Waals surface area contributed by atoms with Gasteiger partial charge in [0.05, 0.1) is 30.0 Å². The summed E-state index contributed by atoms with van der Waals surface area (Å²) < 4.78 is 15.8. The maximum atomic E-state index is 12.7. The van der Waals surface area contributed by atoms with E-state index in [9.17, 15) is 9.59 Å². The number of benzene rings is 2. The quantitative estimate of drug-likeness (QED) is 0.361. The van der Waals surface area contributed by atoms with Crippen LogP contribution in [0.15, 0.2) is 48.5 Å². The van der Waals surface area contributed by atoms with Gasteiger partial charge in [-0.2, -0.15) is 0 Å². The highest BCUT2D eigenvalue weighted by molar-refractivity contribution is 7.80. The zero-order valence-corrected chi connectivity index (χ0v) is 18.4. The van der Waals surface area contributed by atoms with E-state index in [1.54, 1.807) is 55.6 Å². The second kappa shape index (κ2) is 13.3. The number of methoxy groups -OCH3 is 1. The fourth-order valence-electron chi connectivity index (χ4n) is 2.61. The molecule has 166 valence electrons. The van der Waals surface area contributed by atoms with Crippen LogP contribution in [0.5, 0.6) is 5.75 Å². The minimum absolute atomic E-state index is 0.0614. The van der Waals surface area contributed by atoms with E-state index in [1.807, 2.05) is 6.92 Å². The number of para-hydroxylation sites is 2. The van der Waals surface area contributed by atoms with Crippen LogP contribution in [0.1, 0.15) is 27.6 Å². The number of amides is 2. The van der Waals surface area contributed by atoms with Crippen molar-refractivity contribution in [2.75, 3.05) is 45.4 Å². The zero-order valence-electron chi connectivity index (χ0n) is 17.6. The van der Waals surface area contributed by atoms with Crippen LogP contribution < -0.4 is 20.7 Å². The average Bonchev–Trinajstić information content (AvgIpc) is 2.77. The molecule has 3 N–H and O–H groups in total. The summed E-state index contributed by atoms with van der Waals surface area (Å²) in [7, 11) is 1.56. The first-order valence-electron chi connectivity index (χ1n) is 9.84. The molecule has 0 unspecified atom stereocenters. The fraction of sp³-hybridized carbons (Fsp3) is 0.318. The molecule has 0 bridgehead atoms. The Kier molecular flexibility index (Phi) is 10.4. The Balaban J connectivity index is 2.01. The molecule has 0 aliphatic heterocycles. The molecule has 2 rings (SSSR count). The van der Waals surface area contributed by atoms with Crippen LogP contribution in [-0.4, -0.2) is 57.0 Å². The lowest BCUT2D eigenvalue weighted by Crippen LogP contribution is -2.35. The first kappa shape index (κ1) is 24.3. The minimum Gasteiger partial charge on any atom is -0.490 e. The molecule has 0 heterocycles. The number of hydrogen-bond donors (Lipinski definition) is 3. The summed E-state index contributed by atoms with van der Waals surface area (Å²) in [6.07, 6.45) is 0. The van der Waals surface area contributed by atoms with Crippen molar-refractivity contribution < 1.29 is 23.8 Å². The van der Waals surface area contributed by atoms with E-state index in [1.165, 1.54) is 0 Å². The summed E-state index contributed by atoms with van der Waals surface area (Å²) in [5.74, 6) is -0.269. The van der Waals surface area contributed by atoms with Gasteiger partial charge in [-0.15, -0.1) is 0 Å². The Morgan fingerprint density at radius 3 is 2.39 bits per heavy atom. The van der Waals surface area contributed by atoms with E-state index < -0.39 is 5.91 Å². The first-order chi connectivity index (χ1) is 15.1. The van der Waals surface area contributed by atoms with Gasteiger partial charge < -0.3 is 24.8 Å². The van der Waals surface area contributed by atoms with Gasteiger partial charge >= 0.3 is 0 Å². The Bertz CT molecular complexity index is 891. The van der Waals surface area contributed by atoms with Gasteiger partial charge in [-0.1, -0.05) is 24.3 Å². The highest BCUT2D eigenvalue weighted by Gasteiger charge is 2.16. The minimum atomic E-state index is -0.425. The van der Waals surface area contributed by atoms with E-state index >= 15 is 0 Å². The molecule has 0 saturated carbocycles. The van der Waals surface area contributed by atoms with Crippen molar-refractivity contribution in [1.29, 1.82) is 0 Å². The second-order valence-electron chi connectivity index (χ2n) is 6.24. The SMILES string of the molecule is CCOCCOc1ccccc1C(=O)NC(=S)Nc1ccccc1C(=O)NCCOC. The number of carbonyl (C=O) groups excluding carboxylic acids is 2. The Morgan fingerprint density at radius 2 is 1.65 bits per heavy atom. The van der Waals surface area contributed by atoms with Crippen LogP contribution in [0.4, 0.5) is 5.69 Å². The third kappa shape index (κ3) is 7.97. The van der Waals surface area contributed by atoms with E-state index in [2.05, 4.69) is 16.0 Å². The van der Waals surface area contributed by atoms with Gasteiger partial charge in [-0.05, 0) is 43.4 Å². The predicted molar refractivity (Wildman–Crippen MR) is 123 cm³/mol. The van der Waals surface area contributed by atoms with Crippen LogP contribution in [0.3, 0.4) is 0 Å². The summed E-state index contributed by atoms with van der Waals surface area (Å²) in [6, 6.07) is 13.7. The first-order valence-corrected chi connectivity index (χ1v) is 10.3. The zero-order chi connectivity index (χ0) is 22.5. The Hall–Kier alpha value is -3.01. The number of anilines is 1. The number of ether oxygens (including phenoxy) is 3. The molecule has 9 heteroatoms. The summed E-state index contributed by atoms with van der Waals surface area (Å²) >= 11 is 5.27. The highest BCUT2D eigenvalue weighted by Crippen LogP contribution is 2.18. The summed E-state index contributed by atoms with van der Waals surface area (Å²) in [5, 5.41) is 8.35. The van der Waals surface area contributed by atoms with Gasteiger partial charge in [0.25, 0.3) is 11.8 Å². The number of carbonyl (C=O) groups is 2. The van der Waals surface area contributed by atoms with Crippen molar-refractivity contribution in [3.05, 3.63) is 59.7 Å². The maximum Gasteiger partial charge on any atom is 0.261 e. The molecule has 2 aromatic rings. The lowest BCUT2D eigenvalue weighted by atomic mass is 10.1. The van der Waals surface area contributed by atoms with Gasteiger partial charge in [0, 0.05) is 20.3 Å². The number of rotatable bonds is 11. The topological polar surface area (TPSA) is 97.9 Å². The normalized spacial score (nSPS) is 10.3. The van der Waals surface area contributed by atoms with Crippen molar-refractivity contribution in [3.8, 4) is 5.75 Å². The molecule has 0 spiro atoms. The maximum absolute atomic E-state index is 12.7. The average molecular weight is 446 g/mol. The van der Waals surface area contributed by atoms with Crippen molar-refractivity contribution in [2.24, 2.45) is 0 Å². The van der Waals surface area contributed by atoms with Crippen LogP contribution >= 0.6 is 12.2 Å². The molecular weight excluding hydrogens is 418 g/mol. The highest BCUT2D eigenvalue weighted by atomic mass is 32.1. The van der Waals surface area contributed by atoms with Crippen LogP contribution in [0, 0.1) is 0 Å². The molecule has 0 fully saturated rings. The summed E-state index contributed by atoms with van der Waals surface area (Å²) in [5.41, 5.74) is 1.22. The lowest BCUT2D eigenvalue weighted by molar-refractivity contribution is 0.0936. The van der Waals surface area contributed by atoms with Gasteiger partial charge in [0.2, 0.25) is 0 Å². The van der Waals surface area contributed by atoms with Crippen molar-refractivity contribution in [2.45, 2.75) is 6.92 Å². The largest absolute Gasteiger partial charge is 0.490 e. The third-order valence-corrected chi connectivity index (χ3v) is 4.26. The monoisotopic (exact) mass is 445 g/mol.